The van der Waals surface area contributed by atoms with E-state index in [-0.39, 0.29) is 56.7 Å². The lowest BCUT2D eigenvalue weighted by Gasteiger charge is -2.60. The fourth-order valence-corrected chi connectivity index (χ4v) is 15.7. The van der Waals surface area contributed by atoms with Gasteiger partial charge in [-0.2, -0.15) is 0 Å². The van der Waals surface area contributed by atoms with Crippen LogP contribution < -0.4 is 0 Å². The zero-order valence-electron chi connectivity index (χ0n) is 35.1. The van der Waals surface area contributed by atoms with E-state index in [1.165, 1.54) is 25.0 Å². The van der Waals surface area contributed by atoms with Crippen molar-refractivity contribution in [3.63, 3.8) is 0 Å². The Kier molecular flexibility index (Phi) is 9.97. The first-order valence-electron chi connectivity index (χ1n) is 21.6. The fourth-order valence-electron chi connectivity index (χ4n) is 15.7. The van der Waals surface area contributed by atoms with Crippen LogP contribution in [-0.4, -0.2) is 46.3 Å². The molecule has 302 valence electrons. The Morgan fingerprint density at radius 2 is 1.02 bits per heavy atom. The molecule has 8 aliphatic carbocycles. The first-order valence-corrected chi connectivity index (χ1v) is 21.6. The van der Waals surface area contributed by atoms with Gasteiger partial charge in [0.15, 0.2) is 34.3 Å². The molecule has 0 spiro atoms. The standard InChI is InChI=1S/C24H34O4.C23H32O4/c1-14-12-18-19(22(4)9-6-17(27)13-21(14)22)7-10-23(5)20(18)8-11-24(23,15(2)25)28-16(3)26;1-14(24)23(27-15(2)25)12-9-20-18-6-5-16-13-17(26)7-10-21(16,3)19(18)8-11-22(20,23)4/h13-14,18-20H,6-12H2,1-5H3;13,18-20H,5-12H2,1-4H3/t14-,18+,19-,20-,22+,23-,24-;18-,19+,20+,21+,22+,23+/m01/s1. The van der Waals surface area contributed by atoms with Crippen molar-refractivity contribution in [2.75, 3.05) is 0 Å². The van der Waals surface area contributed by atoms with Crippen LogP contribution in [0.15, 0.2) is 23.3 Å². The molecule has 0 unspecified atom stereocenters. The quantitative estimate of drug-likeness (QED) is 0.261. The highest BCUT2D eigenvalue weighted by molar-refractivity contribution is 5.92. The summed E-state index contributed by atoms with van der Waals surface area (Å²) >= 11 is 0. The number of ketones is 4. The molecule has 8 heteroatoms. The molecule has 55 heavy (non-hydrogen) atoms. The van der Waals surface area contributed by atoms with E-state index in [9.17, 15) is 28.8 Å². The van der Waals surface area contributed by atoms with Crippen LogP contribution in [0.4, 0.5) is 0 Å². The molecule has 0 radical (unpaired) electrons. The molecule has 8 aliphatic rings. The van der Waals surface area contributed by atoms with Crippen molar-refractivity contribution < 1.29 is 38.2 Å². The van der Waals surface area contributed by atoms with Crippen molar-refractivity contribution in [3.05, 3.63) is 23.3 Å². The molecule has 0 bridgehead atoms. The Bertz CT molecular complexity index is 1760. The van der Waals surface area contributed by atoms with Crippen molar-refractivity contribution in [3.8, 4) is 0 Å². The van der Waals surface area contributed by atoms with Gasteiger partial charge in [0.05, 0.1) is 0 Å². The van der Waals surface area contributed by atoms with Crippen molar-refractivity contribution in [2.45, 2.75) is 170 Å². The van der Waals surface area contributed by atoms with Crippen LogP contribution in [0.3, 0.4) is 0 Å². The molecule has 0 aromatic rings. The number of esters is 2. The minimum absolute atomic E-state index is 0.00469. The molecule has 13 atom stereocenters. The molecular formula is C47H66O8. The van der Waals surface area contributed by atoms with Gasteiger partial charge in [-0.1, -0.05) is 45.8 Å². The third-order valence-electron chi connectivity index (χ3n) is 18.3. The van der Waals surface area contributed by atoms with E-state index in [1.807, 2.05) is 12.2 Å². The number of hydrogen-bond acceptors (Lipinski definition) is 8. The number of fused-ring (bicyclic) bond motifs is 10. The maximum atomic E-state index is 12.8. The van der Waals surface area contributed by atoms with Gasteiger partial charge >= 0.3 is 11.9 Å². The molecule has 0 aromatic carbocycles. The predicted octanol–water partition coefficient (Wildman–Crippen LogP) is 9.06. The van der Waals surface area contributed by atoms with Gasteiger partial charge in [0.1, 0.15) is 0 Å². The first-order chi connectivity index (χ1) is 25.7. The predicted molar refractivity (Wildman–Crippen MR) is 208 cm³/mol. The Morgan fingerprint density at radius 1 is 0.564 bits per heavy atom. The van der Waals surface area contributed by atoms with Crippen LogP contribution in [-0.2, 0) is 38.2 Å². The lowest BCUT2D eigenvalue weighted by Crippen LogP contribution is -2.59. The molecule has 8 rings (SSSR count). The van der Waals surface area contributed by atoms with E-state index in [4.69, 9.17) is 9.47 Å². The number of ether oxygens (including phenoxy) is 2. The van der Waals surface area contributed by atoms with E-state index in [2.05, 4.69) is 34.6 Å². The second-order valence-electron chi connectivity index (χ2n) is 20.4. The van der Waals surface area contributed by atoms with Crippen molar-refractivity contribution in [1.29, 1.82) is 0 Å². The Hall–Kier alpha value is -2.90. The highest BCUT2D eigenvalue weighted by Gasteiger charge is 2.69. The second-order valence-corrected chi connectivity index (χ2v) is 20.4. The highest BCUT2D eigenvalue weighted by Crippen LogP contribution is 2.70. The molecule has 0 N–H and O–H groups in total. The van der Waals surface area contributed by atoms with Gasteiger partial charge in [-0.05, 0) is 162 Å². The summed E-state index contributed by atoms with van der Waals surface area (Å²) in [7, 11) is 0. The summed E-state index contributed by atoms with van der Waals surface area (Å²) in [4.78, 5) is 73.4. The normalized spacial score (nSPS) is 46.7. The largest absolute Gasteiger partial charge is 0.451 e. The third-order valence-corrected chi connectivity index (χ3v) is 18.3. The van der Waals surface area contributed by atoms with Crippen LogP contribution in [0.5, 0.6) is 0 Å². The Balaban J connectivity index is 0.000000169. The number of allylic oxidation sites excluding steroid dienone is 2. The summed E-state index contributed by atoms with van der Waals surface area (Å²) in [5.74, 6) is 3.30. The zero-order chi connectivity index (χ0) is 40.1. The van der Waals surface area contributed by atoms with E-state index in [0.29, 0.717) is 67.1 Å². The molecule has 0 aromatic heterocycles. The fraction of sp³-hybridized carbons (Fsp3) is 0.787. The molecule has 0 aliphatic heterocycles. The first kappa shape index (κ1) is 40.3. The molecule has 0 heterocycles. The van der Waals surface area contributed by atoms with Crippen LogP contribution >= 0.6 is 0 Å². The van der Waals surface area contributed by atoms with E-state index in [0.717, 1.165) is 70.6 Å². The average molecular weight is 759 g/mol. The van der Waals surface area contributed by atoms with Crippen LogP contribution in [0.25, 0.3) is 0 Å². The van der Waals surface area contributed by atoms with E-state index >= 15 is 0 Å². The molecule has 6 saturated carbocycles. The SMILES string of the molecule is CC(=O)O[C@]1(C(C)=O)CC[C@H]2[C@@H]3CCC4=CC(=O)CC[C@]4(C)[C@H]3CC[C@@]21C.CC(=O)O[C@]1(C(C)=O)CC[C@H]2[C@@H]3C[C@H](C)C4=CC(=O)CC[C@]4(C)[C@H]3CC[C@@]21C. The number of Topliss-reactive ketones (excluding diaryl/α,β-unsaturated/α-hetero) is 2. The summed E-state index contributed by atoms with van der Waals surface area (Å²) < 4.78 is 11.7. The second kappa shape index (κ2) is 13.6. The zero-order valence-corrected chi connectivity index (χ0v) is 35.1. The molecule has 8 nitrogen and oxygen atoms in total. The Morgan fingerprint density at radius 3 is 1.53 bits per heavy atom. The van der Waals surface area contributed by atoms with Gasteiger partial charge < -0.3 is 9.47 Å². The number of carbonyl (C=O) groups excluding carboxylic acids is 6. The summed E-state index contributed by atoms with van der Waals surface area (Å²) in [6.45, 7) is 17.4. The summed E-state index contributed by atoms with van der Waals surface area (Å²) in [5, 5.41) is 0. The van der Waals surface area contributed by atoms with Gasteiger partial charge in [-0.25, -0.2) is 0 Å². The van der Waals surface area contributed by atoms with E-state index in [1.54, 1.807) is 13.8 Å². The topological polar surface area (TPSA) is 121 Å². The molecule has 6 fully saturated rings. The van der Waals surface area contributed by atoms with Gasteiger partial charge in [0.2, 0.25) is 0 Å². The minimum Gasteiger partial charge on any atom is -0.451 e. The van der Waals surface area contributed by atoms with Crippen LogP contribution in [0, 0.1) is 63.1 Å². The summed E-state index contributed by atoms with van der Waals surface area (Å²) in [5.41, 5.74) is 0.484. The molecular weight excluding hydrogens is 693 g/mol. The molecule has 0 saturated heterocycles. The minimum atomic E-state index is -0.961. The average Bonchev–Trinajstić information content (AvgIpc) is 3.57. The van der Waals surface area contributed by atoms with Gasteiger partial charge in [-0.3, -0.25) is 28.8 Å². The smallest absolute Gasteiger partial charge is 0.303 e. The summed E-state index contributed by atoms with van der Waals surface area (Å²) in [6, 6.07) is 0. The van der Waals surface area contributed by atoms with Crippen molar-refractivity contribution in [2.24, 2.45) is 63.1 Å². The van der Waals surface area contributed by atoms with Gasteiger partial charge in [0.25, 0.3) is 0 Å². The highest BCUT2D eigenvalue weighted by atomic mass is 16.6. The monoisotopic (exact) mass is 758 g/mol. The van der Waals surface area contributed by atoms with E-state index < -0.39 is 11.2 Å². The number of rotatable bonds is 4. The van der Waals surface area contributed by atoms with Gasteiger partial charge in [0, 0.05) is 37.5 Å². The lowest BCUT2D eigenvalue weighted by molar-refractivity contribution is -0.187. The molecule has 0 amide bonds. The van der Waals surface area contributed by atoms with Crippen LogP contribution in [0.1, 0.15) is 159 Å². The van der Waals surface area contributed by atoms with Gasteiger partial charge in [-0.15, -0.1) is 0 Å². The number of carbonyl (C=O) groups is 6. The maximum absolute atomic E-state index is 12.8. The van der Waals surface area contributed by atoms with Crippen LogP contribution in [0.2, 0.25) is 0 Å². The third kappa shape index (κ3) is 5.77. The van der Waals surface area contributed by atoms with Crippen molar-refractivity contribution in [1.82, 2.24) is 0 Å². The Labute approximate surface area is 328 Å². The van der Waals surface area contributed by atoms with Crippen molar-refractivity contribution >= 4 is 35.1 Å². The summed E-state index contributed by atoms with van der Waals surface area (Å²) in [6.07, 6.45) is 17.4. The maximum Gasteiger partial charge on any atom is 0.303 e. The number of hydrogen-bond donors (Lipinski definition) is 0. The lowest BCUT2D eigenvalue weighted by atomic mass is 9.44.